The van der Waals surface area contributed by atoms with Gasteiger partial charge >= 0.3 is 0 Å². The summed E-state index contributed by atoms with van der Waals surface area (Å²) >= 11 is 0. The third-order valence-corrected chi connectivity index (χ3v) is 2.20. The molecule has 0 radical (unpaired) electrons. The second-order valence-corrected chi connectivity index (χ2v) is 3.69. The minimum Gasteiger partial charge on any atom is -0.393 e. The highest BCUT2D eigenvalue weighted by atomic mass is 16.3. The molecule has 0 aromatic carbocycles. The summed E-state index contributed by atoms with van der Waals surface area (Å²) in [7, 11) is 0. The molecule has 4 N–H and O–H groups in total. The minimum atomic E-state index is -0.488. The highest BCUT2D eigenvalue weighted by molar-refractivity contribution is 4.75. The first-order valence-corrected chi connectivity index (χ1v) is 4.60. The van der Waals surface area contributed by atoms with E-state index in [1.807, 2.05) is 20.8 Å². The molecule has 0 aromatic rings. The summed E-state index contributed by atoms with van der Waals surface area (Å²) in [5.41, 5.74) is 5.66. The molecule has 3 atom stereocenters. The monoisotopic (exact) mass is 175 g/mol. The number of nitrogens with two attached hydrogens (primary N) is 1. The largest absolute Gasteiger partial charge is 0.393 e. The smallest absolute Gasteiger partial charge is 0.0689 e. The summed E-state index contributed by atoms with van der Waals surface area (Å²) < 4.78 is 0. The Morgan fingerprint density at radius 2 is 1.67 bits per heavy atom. The quantitative estimate of drug-likeness (QED) is 0.570. The van der Waals surface area contributed by atoms with Crippen LogP contribution in [0.3, 0.4) is 0 Å². The summed E-state index contributed by atoms with van der Waals surface area (Å²) in [4.78, 5) is 0. The van der Waals surface area contributed by atoms with Gasteiger partial charge in [0.15, 0.2) is 0 Å². The molecule has 0 amide bonds. The lowest BCUT2D eigenvalue weighted by Crippen LogP contribution is -2.38. The topological polar surface area (TPSA) is 66.5 Å². The maximum Gasteiger partial charge on any atom is 0.0689 e. The summed E-state index contributed by atoms with van der Waals surface area (Å²) in [6, 6.07) is -0.299. The van der Waals surface area contributed by atoms with E-state index in [9.17, 15) is 10.2 Å². The summed E-state index contributed by atoms with van der Waals surface area (Å²) in [5, 5.41) is 18.8. The maximum atomic E-state index is 9.45. The molecule has 0 aliphatic carbocycles. The molecular formula is C9H21NO2. The average molecular weight is 175 g/mol. The lowest BCUT2D eigenvalue weighted by molar-refractivity contribution is 0.0698. The molecule has 0 spiro atoms. The Morgan fingerprint density at radius 1 is 1.17 bits per heavy atom. The molecule has 74 valence electrons. The van der Waals surface area contributed by atoms with Gasteiger partial charge < -0.3 is 15.9 Å². The molecule has 0 aromatic heterocycles. The van der Waals surface area contributed by atoms with E-state index < -0.39 is 12.2 Å². The van der Waals surface area contributed by atoms with E-state index in [0.29, 0.717) is 12.8 Å². The summed E-state index contributed by atoms with van der Waals surface area (Å²) in [6.45, 7) is 5.76. The fourth-order valence-corrected chi connectivity index (χ4v) is 1.01. The number of hydrogen-bond acceptors (Lipinski definition) is 3. The van der Waals surface area contributed by atoms with Crippen LogP contribution in [0.2, 0.25) is 0 Å². The van der Waals surface area contributed by atoms with E-state index in [4.69, 9.17) is 5.73 Å². The van der Waals surface area contributed by atoms with Crippen LogP contribution in [0.1, 0.15) is 33.6 Å². The number of aliphatic hydroxyl groups is 2. The average Bonchev–Trinajstić information content (AvgIpc) is 2.02. The van der Waals surface area contributed by atoms with Crippen LogP contribution in [0.15, 0.2) is 0 Å². The highest BCUT2D eigenvalue weighted by Gasteiger charge is 2.18. The normalized spacial score (nSPS) is 19.2. The Labute approximate surface area is 74.6 Å². The lowest BCUT2D eigenvalue weighted by Gasteiger charge is -2.22. The number of hydrogen-bond donors (Lipinski definition) is 3. The Kier molecular flexibility index (Phi) is 5.46. The minimum absolute atomic E-state index is 0.208. The van der Waals surface area contributed by atoms with Gasteiger partial charge in [-0.2, -0.15) is 0 Å². The molecule has 0 fully saturated rings. The molecule has 0 unspecified atom stereocenters. The van der Waals surface area contributed by atoms with Gasteiger partial charge in [0.05, 0.1) is 12.2 Å². The Bertz CT molecular complexity index is 117. The molecule has 0 heterocycles. The molecule has 3 nitrogen and oxygen atoms in total. The molecule has 0 saturated carbocycles. The van der Waals surface area contributed by atoms with E-state index in [-0.39, 0.29) is 12.0 Å². The van der Waals surface area contributed by atoms with Crippen LogP contribution in [0, 0.1) is 5.92 Å². The van der Waals surface area contributed by atoms with Crippen molar-refractivity contribution in [2.45, 2.75) is 51.9 Å². The second kappa shape index (κ2) is 5.51. The fraction of sp³-hybridized carbons (Fsp3) is 1.00. The van der Waals surface area contributed by atoms with Crippen LogP contribution in [0.4, 0.5) is 0 Å². The van der Waals surface area contributed by atoms with Crippen LogP contribution in [-0.2, 0) is 0 Å². The zero-order valence-electron chi connectivity index (χ0n) is 8.20. The van der Waals surface area contributed by atoms with Crippen molar-refractivity contribution in [1.82, 2.24) is 0 Å². The Balaban J connectivity index is 3.75. The third kappa shape index (κ3) is 4.04. The highest BCUT2D eigenvalue weighted by Crippen LogP contribution is 2.10. The standard InChI is InChI=1S/C9H21NO2/c1-4-8(11)7(10)5-9(12)6(2)3/h6-9,11-12H,4-5,10H2,1-3H3/t7-,8-,9-/m0/s1. The predicted octanol–water partition coefficient (Wildman–Crippen LogP) is 0.492. The maximum absolute atomic E-state index is 9.45. The molecular weight excluding hydrogens is 154 g/mol. The van der Waals surface area contributed by atoms with Gasteiger partial charge in [-0.3, -0.25) is 0 Å². The van der Waals surface area contributed by atoms with Gasteiger partial charge in [-0.25, -0.2) is 0 Å². The van der Waals surface area contributed by atoms with Crippen molar-refractivity contribution < 1.29 is 10.2 Å². The van der Waals surface area contributed by atoms with Gasteiger partial charge in [-0.1, -0.05) is 20.8 Å². The molecule has 12 heavy (non-hydrogen) atoms. The van der Waals surface area contributed by atoms with Gasteiger partial charge in [0, 0.05) is 6.04 Å². The van der Waals surface area contributed by atoms with Gasteiger partial charge in [-0.05, 0) is 18.8 Å². The third-order valence-electron chi connectivity index (χ3n) is 2.20. The van der Waals surface area contributed by atoms with Crippen LogP contribution in [-0.4, -0.2) is 28.5 Å². The Hall–Kier alpha value is -0.120. The van der Waals surface area contributed by atoms with Crippen LogP contribution < -0.4 is 5.73 Å². The molecule has 3 heteroatoms. The van der Waals surface area contributed by atoms with E-state index in [2.05, 4.69) is 0 Å². The van der Waals surface area contributed by atoms with Gasteiger partial charge in [0.1, 0.15) is 0 Å². The van der Waals surface area contributed by atoms with Crippen LogP contribution in [0.25, 0.3) is 0 Å². The summed E-state index contributed by atoms with van der Waals surface area (Å²) in [5.74, 6) is 0.208. The second-order valence-electron chi connectivity index (χ2n) is 3.69. The van der Waals surface area contributed by atoms with E-state index >= 15 is 0 Å². The van der Waals surface area contributed by atoms with Gasteiger partial charge in [0.2, 0.25) is 0 Å². The number of aliphatic hydroxyl groups excluding tert-OH is 2. The zero-order chi connectivity index (χ0) is 9.72. The van der Waals surface area contributed by atoms with Crippen molar-refractivity contribution in [3.8, 4) is 0 Å². The zero-order valence-corrected chi connectivity index (χ0v) is 8.20. The molecule has 0 rings (SSSR count). The first kappa shape index (κ1) is 11.9. The van der Waals surface area contributed by atoms with Gasteiger partial charge in [0.25, 0.3) is 0 Å². The van der Waals surface area contributed by atoms with Crippen LogP contribution in [0.5, 0.6) is 0 Å². The first-order valence-electron chi connectivity index (χ1n) is 4.60. The Morgan fingerprint density at radius 3 is 2.00 bits per heavy atom. The van der Waals surface area contributed by atoms with Crippen molar-refractivity contribution in [3.63, 3.8) is 0 Å². The van der Waals surface area contributed by atoms with Crippen molar-refractivity contribution in [2.75, 3.05) is 0 Å². The predicted molar refractivity (Wildman–Crippen MR) is 49.7 cm³/mol. The molecule has 0 saturated heterocycles. The SMILES string of the molecule is CC[C@H](O)[C@@H](N)C[C@H](O)C(C)C. The first-order chi connectivity index (χ1) is 5.49. The molecule has 0 aliphatic rings. The fourth-order valence-electron chi connectivity index (χ4n) is 1.01. The van der Waals surface area contributed by atoms with E-state index in [1.165, 1.54) is 0 Å². The number of rotatable bonds is 5. The van der Waals surface area contributed by atoms with E-state index in [1.54, 1.807) is 0 Å². The van der Waals surface area contributed by atoms with Crippen molar-refractivity contribution >= 4 is 0 Å². The summed E-state index contributed by atoms with van der Waals surface area (Å²) in [6.07, 6.45) is 0.234. The molecule has 0 bridgehead atoms. The van der Waals surface area contributed by atoms with Crippen molar-refractivity contribution in [3.05, 3.63) is 0 Å². The van der Waals surface area contributed by atoms with E-state index in [0.717, 1.165) is 0 Å². The lowest BCUT2D eigenvalue weighted by atomic mass is 9.96. The van der Waals surface area contributed by atoms with Crippen molar-refractivity contribution in [2.24, 2.45) is 11.7 Å². The van der Waals surface area contributed by atoms with Crippen molar-refractivity contribution in [1.29, 1.82) is 0 Å². The van der Waals surface area contributed by atoms with Crippen LogP contribution >= 0.6 is 0 Å². The van der Waals surface area contributed by atoms with Gasteiger partial charge in [-0.15, -0.1) is 0 Å². The molecule has 0 aliphatic heterocycles.